The molecule has 0 fully saturated rings. The van der Waals surface area contributed by atoms with E-state index < -0.39 is 17.9 Å². The second-order valence-corrected chi connectivity index (χ2v) is 5.25. The summed E-state index contributed by atoms with van der Waals surface area (Å²) in [5.41, 5.74) is 0.969. The molecule has 3 rings (SSSR count). The Labute approximate surface area is 142 Å². The van der Waals surface area contributed by atoms with E-state index in [-0.39, 0.29) is 11.5 Å². The van der Waals surface area contributed by atoms with Crippen molar-refractivity contribution in [1.29, 1.82) is 0 Å². The average Bonchev–Trinajstić information content (AvgIpc) is 3.12. The molecule has 0 bridgehead atoms. The van der Waals surface area contributed by atoms with Crippen LogP contribution in [0.5, 0.6) is 5.75 Å². The fraction of sp³-hybridized carbons (Fsp3) is 0.176. The van der Waals surface area contributed by atoms with E-state index in [1.807, 2.05) is 18.2 Å². The molecule has 1 amide bonds. The van der Waals surface area contributed by atoms with Crippen molar-refractivity contribution < 1.29 is 18.4 Å². The highest BCUT2D eigenvalue weighted by Crippen LogP contribution is 2.22. The van der Waals surface area contributed by atoms with Gasteiger partial charge in [-0.3, -0.25) is 4.79 Å². The van der Waals surface area contributed by atoms with Gasteiger partial charge in [0.05, 0.1) is 12.7 Å². The molecule has 128 valence electrons. The minimum atomic E-state index is -0.649. The average molecular weight is 342 g/mol. The second-order valence-electron chi connectivity index (χ2n) is 5.25. The lowest BCUT2D eigenvalue weighted by Crippen LogP contribution is -2.27. The van der Waals surface area contributed by atoms with Crippen LogP contribution in [-0.2, 0) is 0 Å². The lowest BCUT2D eigenvalue weighted by molar-refractivity contribution is 0.0932. The Hall–Kier alpha value is -3.29. The van der Waals surface area contributed by atoms with E-state index in [1.54, 1.807) is 20.1 Å². The fourth-order valence-electron chi connectivity index (χ4n) is 2.14. The molecule has 2 aromatic heterocycles. The molecule has 25 heavy (non-hydrogen) atoms. The SMILES string of the molecule is COc1cccc(-c2noc([C@H](C)NC(=O)c3ccc(F)nc3)n2)c1. The van der Waals surface area contributed by atoms with Gasteiger partial charge in [-0.2, -0.15) is 9.37 Å². The van der Waals surface area contributed by atoms with Gasteiger partial charge in [-0.25, -0.2) is 4.98 Å². The third-order valence-electron chi connectivity index (χ3n) is 3.48. The Morgan fingerprint density at radius 2 is 2.16 bits per heavy atom. The zero-order valence-corrected chi connectivity index (χ0v) is 13.6. The van der Waals surface area contributed by atoms with Gasteiger partial charge in [0.25, 0.3) is 5.91 Å². The molecule has 0 unspecified atom stereocenters. The Bertz CT molecular complexity index is 880. The Balaban J connectivity index is 1.72. The Morgan fingerprint density at radius 3 is 2.88 bits per heavy atom. The van der Waals surface area contributed by atoms with Gasteiger partial charge in [0, 0.05) is 11.8 Å². The standard InChI is InChI=1S/C17H15FN4O3/c1-10(20-16(23)12-6-7-14(18)19-9-12)17-21-15(22-25-17)11-4-3-5-13(8-11)24-2/h3-10H,1-2H3,(H,20,23)/t10-/m0/s1. The Morgan fingerprint density at radius 1 is 1.32 bits per heavy atom. The number of carbonyl (C=O) groups is 1. The molecular weight excluding hydrogens is 327 g/mol. The number of nitrogens with one attached hydrogen (secondary N) is 1. The van der Waals surface area contributed by atoms with E-state index in [0.717, 1.165) is 17.8 Å². The highest BCUT2D eigenvalue weighted by atomic mass is 19.1. The van der Waals surface area contributed by atoms with Crippen LogP contribution in [0.3, 0.4) is 0 Å². The number of carbonyl (C=O) groups excluding carboxylic acids is 1. The molecule has 2 heterocycles. The molecule has 8 heteroatoms. The molecule has 0 radical (unpaired) electrons. The molecule has 1 atom stereocenters. The maximum atomic E-state index is 12.8. The first-order chi connectivity index (χ1) is 12.1. The predicted octanol–water partition coefficient (Wildman–Crippen LogP) is 2.77. The smallest absolute Gasteiger partial charge is 0.253 e. The lowest BCUT2D eigenvalue weighted by atomic mass is 10.2. The topological polar surface area (TPSA) is 90.1 Å². The first-order valence-electron chi connectivity index (χ1n) is 7.47. The maximum Gasteiger partial charge on any atom is 0.253 e. The van der Waals surface area contributed by atoms with E-state index in [9.17, 15) is 9.18 Å². The van der Waals surface area contributed by atoms with Crippen LogP contribution in [-0.4, -0.2) is 28.1 Å². The number of methoxy groups -OCH3 is 1. The van der Waals surface area contributed by atoms with Crippen LogP contribution in [0.25, 0.3) is 11.4 Å². The van der Waals surface area contributed by atoms with Gasteiger partial charge in [0.2, 0.25) is 17.7 Å². The van der Waals surface area contributed by atoms with Crippen LogP contribution < -0.4 is 10.1 Å². The molecule has 1 aromatic carbocycles. The summed E-state index contributed by atoms with van der Waals surface area (Å²) in [7, 11) is 1.57. The molecule has 1 N–H and O–H groups in total. The first-order valence-corrected chi connectivity index (χ1v) is 7.47. The van der Waals surface area contributed by atoms with Crippen molar-refractivity contribution >= 4 is 5.91 Å². The number of ether oxygens (including phenoxy) is 1. The minimum absolute atomic E-state index is 0.237. The molecule has 0 aliphatic rings. The lowest BCUT2D eigenvalue weighted by Gasteiger charge is -2.09. The molecule has 0 aliphatic heterocycles. The highest BCUT2D eigenvalue weighted by molar-refractivity contribution is 5.94. The van der Waals surface area contributed by atoms with Gasteiger partial charge in [-0.15, -0.1) is 0 Å². The number of rotatable bonds is 5. The monoisotopic (exact) mass is 342 g/mol. The zero-order valence-electron chi connectivity index (χ0n) is 13.6. The van der Waals surface area contributed by atoms with Crippen molar-refractivity contribution in [2.75, 3.05) is 7.11 Å². The predicted molar refractivity (Wildman–Crippen MR) is 86.4 cm³/mol. The maximum absolute atomic E-state index is 12.8. The molecule has 0 aliphatic carbocycles. The third-order valence-corrected chi connectivity index (χ3v) is 3.48. The van der Waals surface area contributed by atoms with E-state index in [0.29, 0.717) is 11.6 Å². The van der Waals surface area contributed by atoms with E-state index in [2.05, 4.69) is 20.4 Å². The van der Waals surface area contributed by atoms with Crippen LogP contribution in [0.15, 0.2) is 47.1 Å². The van der Waals surface area contributed by atoms with Gasteiger partial charge in [0.15, 0.2) is 0 Å². The van der Waals surface area contributed by atoms with Crippen LogP contribution in [0.1, 0.15) is 29.2 Å². The van der Waals surface area contributed by atoms with Crippen molar-refractivity contribution in [2.45, 2.75) is 13.0 Å². The number of halogens is 1. The highest BCUT2D eigenvalue weighted by Gasteiger charge is 2.18. The van der Waals surface area contributed by atoms with Crippen molar-refractivity contribution in [2.24, 2.45) is 0 Å². The van der Waals surface area contributed by atoms with E-state index in [1.165, 1.54) is 6.07 Å². The molecule has 0 saturated heterocycles. The number of amides is 1. The number of aromatic nitrogens is 3. The number of hydrogen-bond acceptors (Lipinski definition) is 6. The third kappa shape index (κ3) is 3.79. The van der Waals surface area contributed by atoms with Crippen molar-refractivity contribution in [3.8, 4) is 17.1 Å². The van der Waals surface area contributed by atoms with Crippen molar-refractivity contribution in [1.82, 2.24) is 20.4 Å². The molecular formula is C17H15FN4O3. The van der Waals surface area contributed by atoms with Gasteiger partial charge >= 0.3 is 0 Å². The minimum Gasteiger partial charge on any atom is -0.497 e. The summed E-state index contributed by atoms with van der Waals surface area (Å²) < 4.78 is 23.2. The normalized spacial score (nSPS) is 11.8. The summed E-state index contributed by atoms with van der Waals surface area (Å²) in [5, 5.41) is 6.62. The molecule has 3 aromatic rings. The zero-order chi connectivity index (χ0) is 17.8. The van der Waals surface area contributed by atoms with Crippen LogP contribution in [0.2, 0.25) is 0 Å². The number of nitrogens with zero attached hydrogens (tertiary/aromatic N) is 3. The van der Waals surface area contributed by atoms with Gasteiger partial charge in [-0.05, 0) is 31.2 Å². The molecule has 0 saturated carbocycles. The summed E-state index contributed by atoms with van der Waals surface area (Å²) in [4.78, 5) is 19.9. The molecule has 7 nitrogen and oxygen atoms in total. The van der Waals surface area contributed by atoms with Crippen molar-refractivity contribution in [3.05, 3.63) is 60.0 Å². The number of benzene rings is 1. The summed E-state index contributed by atoms with van der Waals surface area (Å²) in [6, 6.07) is 9.17. The van der Waals surface area contributed by atoms with E-state index in [4.69, 9.17) is 9.26 Å². The molecule has 0 spiro atoms. The summed E-state index contributed by atoms with van der Waals surface area (Å²) >= 11 is 0. The summed E-state index contributed by atoms with van der Waals surface area (Å²) in [5.74, 6) is 0.249. The number of pyridine rings is 1. The van der Waals surface area contributed by atoms with E-state index >= 15 is 0 Å². The summed E-state index contributed by atoms with van der Waals surface area (Å²) in [6.07, 6.45) is 1.16. The van der Waals surface area contributed by atoms with Gasteiger partial charge in [0.1, 0.15) is 11.8 Å². The number of hydrogen-bond donors (Lipinski definition) is 1. The van der Waals surface area contributed by atoms with Crippen LogP contribution in [0, 0.1) is 5.95 Å². The largest absolute Gasteiger partial charge is 0.497 e. The van der Waals surface area contributed by atoms with Gasteiger partial charge < -0.3 is 14.6 Å². The van der Waals surface area contributed by atoms with Crippen LogP contribution >= 0.6 is 0 Å². The fourth-order valence-corrected chi connectivity index (χ4v) is 2.14. The summed E-state index contributed by atoms with van der Waals surface area (Å²) in [6.45, 7) is 1.71. The second kappa shape index (κ2) is 7.08. The van der Waals surface area contributed by atoms with Crippen LogP contribution in [0.4, 0.5) is 4.39 Å². The first kappa shape index (κ1) is 16.6. The van der Waals surface area contributed by atoms with Gasteiger partial charge in [-0.1, -0.05) is 17.3 Å². The van der Waals surface area contributed by atoms with Crippen molar-refractivity contribution in [3.63, 3.8) is 0 Å². The Kier molecular flexibility index (Phi) is 4.69. The quantitative estimate of drug-likeness (QED) is 0.717.